The Kier molecular flexibility index (Phi) is 4.73. The van der Waals surface area contributed by atoms with Crippen molar-refractivity contribution in [2.45, 2.75) is 57.8 Å². The van der Waals surface area contributed by atoms with E-state index in [2.05, 4.69) is 10.6 Å². The summed E-state index contributed by atoms with van der Waals surface area (Å²) >= 11 is 0. The van der Waals surface area contributed by atoms with Crippen LogP contribution in [0.5, 0.6) is 0 Å². The molecule has 0 unspecified atom stereocenters. The molecular formula is C18H27BN2O3. The SMILES string of the molecule is CC1(C)OB(c2cccc(C(=O)N[C@@H]3CCCNC3)c2)OC1(C)C. The van der Waals surface area contributed by atoms with Crippen molar-refractivity contribution in [1.29, 1.82) is 0 Å². The lowest BCUT2D eigenvalue weighted by atomic mass is 9.78. The third-order valence-corrected chi connectivity index (χ3v) is 5.31. The van der Waals surface area contributed by atoms with Crippen LogP contribution in [-0.4, -0.2) is 43.4 Å². The van der Waals surface area contributed by atoms with Crippen molar-refractivity contribution in [3.05, 3.63) is 29.8 Å². The molecule has 0 aliphatic carbocycles. The predicted molar refractivity (Wildman–Crippen MR) is 95.5 cm³/mol. The monoisotopic (exact) mass is 330 g/mol. The van der Waals surface area contributed by atoms with E-state index in [-0.39, 0.29) is 23.2 Å². The fourth-order valence-corrected chi connectivity index (χ4v) is 3.05. The highest BCUT2D eigenvalue weighted by Crippen LogP contribution is 2.36. The Bertz CT molecular complexity index is 596. The van der Waals surface area contributed by atoms with Crippen molar-refractivity contribution in [2.75, 3.05) is 13.1 Å². The first kappa shape index (κ1) is 17.5. The molecule has 1 aromatic carbocycles. The van der Waals surface area contributed by atoms with E-state index in [1.165, 1.54) is 0 Å². The van der Waals surface area contributed by atoms with Gasteiger partial charge in [-0.25, -0.2) is 0 Å². The number of rotatable bonds is 3. The average molecular weight is 330 g/mol. The Morgan fingerprint density at radius 3 is 2.58 bits per heavy atom. The van der Waals surface area contributed by atoms with Crippen LogP contribution in [-0.2, 0) is 9.31 Å². The highest BCUT2D eigenvalue weighted by atomic mass is 16.7. The number of carbonyl (C=O) groups excluding carboxylic acids is 1. The van der Waals surface area contributed by atoms with E-state index in [1.807, 2.05) is 52.0 Å². The van der Waals surface area contributed by atoms with Crippen molar-refractivity contribution in [2.24, 2.45) is 0 Å². The first-order chi connectivity index (χ1) is 11.3. The summed E-state index contributed by atoms with van der Waals surface area (Å²) in [5, 5.41) is 6.41. The smallest absolute Gasteiger partial charge is 0.399 e. The summed E-state index contributed by atoms with van der Waals surface area (Å²) in [5.41, 5.74) is 0.753. The molecule has 2 heterocycles. The molecule has 0 radical (unpaired) electrons. The average Bonchev–Trinajstić information content (AvgIpc) is 2.76. The molecule has 5 nitrogen and oxygen atoms in total. The third kappa shape index (κ3) is 3.51. The van der Waals surface area contributed by atoms with E-state index in [9.17, 15) is 4.79 Å². The maximum Gasteiger partial charge on any atom is 0.494 e. The molecule has 0 aromatic heterocycles. The van der Waals surface area contributed by atoms with Crippen LogP contribution in [0.1, 0.15) is 50.9 Å². The van der Waals surface area contributed by atoms with Crippen LogP contribution in [0.2, 0.25) is 0 Å². The fraction of sp³-hybridized carbons (Fsp3) is 0.611. The van der Waals surface area contributed by atoms with Crippen LogP contribution in [0.3, 0.4) is 0 Å². The molecule has 2 aliphatic rings. The standard InChI is InChI=1S/C18H27BN2O3/c1-17(2)18(3,4)24-19(23-17)14-8-5-7-13(11-14)16(22)21-15-9-6-10-20-12-15/h5,7-8,11,15,20H,6,9-10,12H2,1-4H3,(H,21,22)/t15-/m1/s1. The molecule has 0 spiro atoms. The zero-order valence-electron chi connectivity index (χ0n) is 15.0. The zero-order chi connectivity index (χ0) is 17.4. The summed E-state index contributed by atoms with van der Waals surface area (Å²) in [6, 6.07) is 7.73. The Morgan fingerprint density at radius 2 is 1.96 bits per heavy atom. The van der Waals surface area contributed by atoms with Crippen molar-refractivity contribution in [3.8, 4) is 0 Å². The fourth-order valence-electron chi connectivity index (χ4n) is 3.05. The molecule has 3 rings (SSSR count). The molecule has 24 heavy (non-hydrogen) atoms. The van der Waals surface area contributed by atoms with Crippen molar-refractivity contribution < 1.29 is 14.1 Å². The second kappa shape index (κ2) is 6.50. The number of hydrogen-bond acceptors (Lipinski definition) is 4. The summed E-state index contributed by atoms with van der Waals surface area (Å²) in [7, 11) is -0.445. The van der Waals surface area contributed by atoms with Crippen molar-refractivity contribution in [1.82, 2.24) is 10.6 Å². The summed E-state index contributed by atoms with van der Waals surface area (Å²) < 4.78 is 12.1. The van der Waals surface area contributed by atoms with Gasteiger partial charge in [-0.3, -0.25) is 4.79 Å². The Morgan fingerprint density at radius 1 is 1.25 bits per heavy atom. The van der Waals surface area contributed by atoms with E-state index in [0.717, 1.165) is 31.4 Å². The third-order valence-electron chi connectivity index (χ3n) is 5.31. The Hall–Kier alpha value is -1.37. The van der Waals surface area contributed by atoms with Gasteiger partial charge in [0.25, 0.3) is 5.91 Å². The maximum atomic E-state index is 12.5. The topological polar surface area (TPSA) is 59.6 Å². The number of nitrogens with one attached hydrogen (secondary N) is 2. The van der Waals surface area contributed by atoms with E-state index in [1.54, 1.807) is 0 Å². The van der Waals surface area contributed by atoms with E-state index in [0.29, 0.717) is 5.56 Å². The minimum Gasteiger partial charge on any atom is -0.399 e. The van der Waals surface area contributed by atoms with Gasteiger partial charge in [-0.15, -0.1) is 0 Å². The zero-order valence-corrected chi connectivity index (χ0v) is 15.0. The Balaban J connectivity index is 1.71. The molecule has 130 valence electrons. The van der Waals surface area contributed by atoms with E-state index >= 15 is 0 Å². The van der Waals surface area contributed by atoms with Gasteiger partial charge in [0.2, 0.25) is 0 Å². The van der Waals surface area contributed by atoms with Gasteiger partial charge in [0.15, 0.2) is 0 Å². The molecule has 2 aliphatic heterocycles. The Labute approximate surface area is 144 Å². The normalized spacial score (nSPS) is 25.5. The van der Waals surface area contributed by atoms with Crippen molar-refractivity contribution in [3.63, 3.8) is 0 Å². The number of hydrogen-bond donors (Lipinski definition) is 2. The van der Waals surface area contributed by atoms with Gasteiger partial charge in [-0.2, -0.15) is 0 Å². The van der Waals surface area contributed by atoms with Crippen LogP contribution < -0.4 is 16.1 Å². The molecule has 6 heteroatoms. The van der Waals surface area contributed by atoms with Crippen LogP contribution in [0.4, 0.5) is 0 Å². The first-order valence-electron chi connectivity index (χ1n) is 8.76. The molecule has 2 N–H and O–H groups in total. The predicted octanol–water partition coefficient (Wildman–Crippen LogP) is 1.47. The number of benzene rings is 1. The lowest BCUT2D eigenvalue weighted by Gasteiger charge is -2.32. The van der Waals surface area contributed by atoms with Crippen LogP contribution in [0.15, 0.2) is 24.3 Å². The van der Waals surface area contributed by atoms with E-state index in [4.69, 9.17) is 9.31 Å². The second-order valence-electron chi connectivity index (χ2n) is 7.73. The van der Waals surface area contributed by atoms with Crippen LogP contribution in [0.25, 0.3) is 0 Å². The maximum absolute atomic E-state index is 12.5. The van der Waals surface area contributed by atoms with Gasteiger partial charge in [0.05, 0.1) is 11.2 Å². The minimum atomic E-state index is -0.445. The summed E-state index contributed by atoms with van der Waals surface area (Å²) in [5.74, 6) is -0.0398. The highest BCUT2D eigenvalue weighted by molar-refractivity contribution is 6.62. The second-order valence-corrected chi connectivity index (χ2v) is 7.73. The van der Waals surface area contributed by atoms with Gasteiger partial charge in [-0.1, -0.05) is 12.1 Å². The molecule has 1 aromatic rings. The van der Waals surface area contributed by atoms with Gasteiger partial charge in [0, 0.05) is 18.2 Å². The molecule has 1 amide bonds. The van der Waals surface area contributed by atoms with Crippen LogP contribution >= 0.6 is 0 Å². The largest absolute Gasteiger partial charge is 0.494 e. The number of piperidine rings is 1. The molecule has 0 saturated carbocycles. The van der Waals surface area contributed by atoms with E-state index < -0.39 is 7.12 Å². The first-order valence-corrected chi connectivity index (χ1v) is 8.76. The molecule has 0 bridgehead atoms. The quantitative estimate of drug-likeness (QED) is 0.824. The lowest BCUT2D eigenvalue weighted by Crippen LogP contribution is -2.45. The van der Waals surface area contributed by atoms with Crippen molar-refractivity contribution >= 4 is 18.5 Å². The van der Waals surface area contributed by atoms with Gasteiger partial charge < -0.3 is 19.9 Å². The summed E-state index contributed by atoms with van der Waals surface area (Å²) in [6.07, 6.45) is 2.12. The highest BCUT2D eigenvalue weighted by Gasteiger charge is 2.51. The number of amides is 1. The lowest BCUT2D eigenvalue weighted by molar-refractivity contribution is 0.00578. The molecule has 1 atom stereocenters. The van der Waals surface area contributed by atoms with Gasteiger partial charge in [0.1, 0.15) is 0 Å². The summed E-state index contributed by atoms with van der Waals surface area (Å²) in [6.45, 7) is 9.98. The summed E-state index contributed by atoms with van der Waals surface area (Å²) in [4.78, 5) is 12.5. The van der Waals surface area contributed by atoms with Crippen LogP contribution in [0, 0.1) is 0 Å². The molecule has 2 saturated heterocycles. The minimum absolute atomic E-state index is 0.0398. The van der Waals surface area contributed by atoms with Gasteiger partial charge in [-0.05, 0) is 64.7 Å². The van der Waals surface area contributed by atoms with Gasteiger partial charge >= 0.3 is 7.12 Å². The molecular weight excluding hydrogens is 303 g/mol. The molecule has 2 fully saturated rings. The number of carbonyl (C=O) groups is 1.